The van der Waals surface area contributed by atoms with Crippen LogP contribution in [0, 0.1) is 115 Å². The van der Waals surface area contributed by atoms with Crippen molar-refractivity contribution in [1.82, 2.24) is 0 Å². The van der Waals surface area contributed by atoms with Crippen LogP contribution in [0.3, 0.4) is 0 Å². The second kappa shape index (κ2) is 21.3. The molecular formula is C70H104N2O7. The fourth-order valence-electron chi connectivity index (χ4n) is 20.9. The maximum atomic E-state index is 14.5. The molecule has 16 atom stereocenters. The number of esters is 1. The summed E-state index contributed by atoms with van der Waals surface area (Å²) in [6, 6.07) is 0. The van der Waals surface area contributed by atoms with E-state index in [0.717, 1.165) is 109 Å². The summed E-state index contributed by atoms with van der Waals surface area (Å²) in [6.45, 7) is 45.5. The Labute approximate surface area is 481 Å². The minimum atomic E-state index is -0.452. The van der Waals surface area contributed by atoms with Gasteiger partial charge in [0.2, 0.25) is 11.4 Å². The summed E-state index contributed by atoms with van der Waals surface area (Å²) in [5.41, 5.74) is 2.07. The molecule has 6 fully saturated rings. The first-order valence-electron chi connectivity index (χ1n) is 32.6. The van der Waals surface area contributed by atoms with Crippen molar-refractivity contribution in [2.45, 2.75) is 233 Å². The number of allylic oxidation sites excluding steroid dienone is 8. The molecule has 0 radical (unpaired) electrons. The molecule has 9 heteroatoms. The standard InChI is InChI=1S/C36H51NO4.C32H45NO3.2CH4/c1-9-11-29(39)41-19-10-13-36-17-15-32(3,4)21-25(36)30-27(38)20-28-33(5)22-26(37-8)31(40)23(2)24(33)12-14-34(28,6)35(30,7)16-18-36;1-20-21-9-11-30(5)25(29(21,4)19-23(33-7)27(20)36)17-24(35)26-22-18-28(2,3)12-14-32(22,10-8-16-34)15-13-31(26,30)6;;/h20,22-25,30H,9-19,21H2,1-7H3;17,19-22,26,34H,8-16,18H2,1-6H3;2*1H4/t23-,24-,25-,30-,33-,34+,35+,36+;20-,21-,22-,26-,29-,30+,31+,32+;;/m00../s1/i;;2*1T. The number of carbonyl (C=O) groups excluding carboxylic acids is 5. The predicted molar refractivity (Wildman–Crippen MR) is 315 cm³/mol. The van der Waals surface area contributed by atoms with Gasteiger partial charge in [-0.2, -0.15) is 0 Å². The van der Waals surface area contributed by atoms with Gasteiger partial charge in [0.15, 0.2) is 23.1 Å². The molecule has 10 aliphatic rings. The lowest BCUT2D eigenvalue weighted by Gasteiger charge is -2.69. The number of hydrogen-bond donors (Lipinski definition) is 1. The molecule has 0 heterocycles. The van der Waals surface area contributed by atoms with Crippen LogP contribution in [-0.4, -0.2) is 47.4 Å². The molecule has 0 unspecified atom stereocenters. The lowest BCUT2D eigenvalue weighted by molar-refractivity contribution is -0.172. The summed E-state index contributed by atoms with van der Waals surface area (Å²) >= 11 is 0. The Bertz CT molecular complexity index is 2700. The monoisotopic (exact) mass is 1090 g/mol. The minimum Gasteiger partial charge on any atom is -0.466 e. The van der Waals surface area contributed by atoms with E-state index in [1.54, 1.807) is 0 Å². The molecule has 10 aliphatic carbocycles. The highest BCUT2D eigenvalue weighted by Gasteiger charge is 2.71. The number of aliphatic hydroxyl groups is 1. The third-order valence-corrected chi connectivity index (χ3v) is 25.7. The van der Waals surface area contributed by atoms with Gasteiger partial charge in [-0.3, -0.25) is 14.4 Å². The Morgan fingerprint density at radius 2 is 1.01 bits per heavy atom. The second-order valence-corrected chi connectivity index (χ2v) is 30.4. The van der Waals surface area contributed by atoms with Gasteiger partial charge in [-0.1, -0.05) is 128 Å². The summed E-state index contributed by atoms with van der Waals surface area (Å²) in [6.07, 6.45) is 27.8. The third kappa shape index (κ3) is 9.42. The van der Waals surface area contributed by atoms with Crippen molar-refractivity contribution in [3.05, 3.63) is 69.7 Å². The smallest absolute Gasteiger partial charge is 0.305 e. The van der Waals surface area contributed by atoms with Crippen LogP contribution in [0.25, 0.3) is 9.69 Å². The SMILES string of the molecule is [3H]C.[3H]C.[C-]#[N+]C1=C[C@]2(C)C3=CC(=O)[C@@H]4[C@@H]5CC(C)(C)CC[C@]5(CCCO)CC[C@@]4(C)[C@]3(C)CC[C@H]2[C@H](C)C1=O.[C-]#[N+]C1=C[C@]2(C)C3=CC(=O)[C@@H]4[C@@H]5CC(C)(C)CC[C@]5(CCCOC(=O)CCC)CC[C@@]4(C)[C@]3(C)CC[C@H]2[C@H](C)C1=O. The van der Waals surface area contributed by atoms with Crippen molar-refractivity contribution in [2.75, 3.05) is 13.2 Å². The normalized spacial score (nSPS) is 44.0. The molecule has 1 N–H and O–H groups in total. The van der Waals surface area contributed by atoms with Gasteiger partial charge in [-0.15, -0.1) is 0 Å². The average molecular weight is 1090 g/mol. The maximum absolute atomic E-state index is 14.5. The number of ketones is 4. The Balaban J connectivity index is 0.000000222. The molecule has 0 bridgehead atoms. The van der Waals surface area contributed by atoms with E-state index in [-0.39, 0.29) is 126 Å². The van der Waals surface area contributed by atoms with Gasteiger partial charge in [0.05, 0.1) is 19.8 Å². The first-order valence-corrected chi connectivity index (χ1v) is 30.6. The van der Waals surface area contributed by atoms with E-state index in [9.17, 15) is 29.1 Å². The largest absolute Gasteiger partial charge is 0.466 e. The van der Waals surface area contributed by atoms with Gasteiger partial charge in [-0.05, 0) is 201 Å². The number of fused-ring (bicyclic) bond motifs is 14. The Morgan fingerprint density at radius 3 is 1.39 bits per heavy atom. The first kappa shape index (κ1) is 59.7. The van der Waals surface area contributed by atoms with Crippen LogP contribution in [-0.2, 0) is 28.7 Å². The van der Waals surface area contributed by atoms with E-state index in [1.807, 2.05) is 45.1 Å². The molecule has 10 rings (SSSR count). The molecular weight excluding hydrogens is 981 g/mol. The Hall–Kier alpha value is -3.95. The van der Waals surface area contributed by atoms with Gasteiger partial charge in [0.1, 0.15) is 0 Å². The molecule has 79 heavy (non-hydrogen) atoms. The van der Waals surface area contributed by atoms with Gasteiger partial charge < -0.3 is 19.4 Å². The van der Waals surface area contributed by atoms with E-state index >= 15 is 0 Å². The minimum absolute atomic E-state index is 0.00498. The highest BCUT2D eigenvalue weighted by molar-refractivity contribution is 6.02. The topological polar surface area (TPSA) is 124 Å². The lowest BCUT2D eigenvalue weighted by Crippen LogP contribution is -2.64. The Kier molecular flexibility index (Phi) is 16.1. The van der Waals surface area contributed by atoms with E-state index < -0.39 is 10.8 Å². The van der Waals surface area contributed by atoms with Gasteiger partial charge >= 0.3 is 5.97 Å². The predicted octanol–water partition coefficient (Wildman–Crippen LogP) is 16.5. The van der Waals surface area contributed by atoms with Crippen molar-refractivity contribution in [3.63, 3.8) is 0 Å². The quantitative estimate of drug-likeness (QED) is 0.139. The van der Waals surface area contributed by atoms with E-state index in [4.69, 9.17) is 20.6 Å². The van der Waals surface area contributed by atoms with Crippen molar-refractivity contribution in [1.29, 1.82) is 0 Å². The average Bonchev–Trinajstić information content (AvgIpc) is 3.61. The van der Waals surface area contributed by atoms with Crippen LogP contribution >= 0.6 is 0 Å². The summed E-state index contributed by atoms with van der Waals surface area (Å²) in [5.74, 6) is 0.892. The molecule has 0 spiro atoms. The summed E-state index contributed by atoms with van der Waals surface area (Å²) in [5, 5.41) is 9.71. The number of Topliss-reactive ketones (excluding diaryl/α,β-unsaturated/α-hetero) is 2. The van der Waals surface area contributed by atoms with Gasteiger partial charge in [0.25, 0.3) is 0 Å². The second-order valence-electron chi connectivity index (χ2n) is 30.4. The molecule has 0 aromatic rings. The van der Waals surface area contributed by atoms with Crippen LogP contribution in [0.15, 0.2) is 46.8 Å². The summed E-state index contributed by atoms with van der Waals surface area (Å²) in [7, 11) is 2.50. The van der Waals surface area contributed by atoms with Crippen molar-refractivity contribution in [3.8, 4) is 0 Å². The number of hydrogen-bond acceptors (Lipinski definition) is 7. The molecule has 436 valence electrons. The highest BCUT2D eigenvalue weighted by Crippen LogP contribution is 2.76. The zero-order chi connectivity index (χ0) is 60.3. The number of nitrogens with zero attached hydrogens (tertiary/aromatic N) is 2. The first-order chi connectivity index (χ1) is 38.0. The van der Waals surface area contributed by atoms with E-state index in [2.05, 4.69) is 78.9 Å². The summed E-state index contributed by atoms with van der Waals surface area (Å²) in [4.78, 5) is 74.1. The van der Waals surface area contributed by atoms with E-state index in [0.29, 0.717) is 24.9 Å². The fourth-order valence-corrected chi connectivity index (χ4v) is 20.9. The van der Waals surface area contributed by atoms with Crippen LogP contribution in [0.4, 0.5) is 0 Å². The van der Waals surface area contributed by atoms with Gasteiger partial charge in [-0.25, -0.2) is 9.69 Å². The molecule has 0 amide bonds. The van der Waals surface area contributed by atoms with Crippen molar-refractivity contribution in [2.24, 2.45) is 101 Å². The van der Waals surface area contributed by atoms with Crippen LogP contribution < -0.4 is 0 Å². The highest BCUT2D eigenvalue weighted by atomic mass is 16.5. The Morgan fingerprint density at radius 1 is 0.620 bits per heavy atom. The fraction of sp³-hybridized carbons (Fsp3) is 0.786. The lowest BCUT2D eigenvalue weighted by atomic mass is 9.34. The maximum Gasteiger partial charge on any atom is 0.305 e. The third-order valence-electron chi connectivity index (χ3n) is 25.7. The van der Waals surface area contributed by atoms with Crippen molar-refractivity contribution < 1.29 is 36.6 Å². The van der Waals surface area contributed by atoms with Crippen LogP contribution in [0.5, 0.6) is 0 Å². The van der Waals surface area contributed by atoms with Crippen molar-refractivity contribution >= 4 is 29.1 Å². The summed E-state index contributed by atoms with van der Waals surface area (Å²) < 4.78 is 17.1. The molecule has 0 aliphatic heterocycles. The number of carbonyl (C=O) groups is 5. The van der Waals surface area contributed by atoms with E-state index in [1.165, 1.54) is 38.8 Å². The molecule has 0 aromatic heterocycles. The van der Waals surface area contributed by atoms with Crippen LogP contribution in [0.2, 0.25) is 0 Å². The zero-order valence-corrected chi connectivity index (χ0v) is 51.8. The molecule has 9 nitrogen and oxygen atoms in total. The molecule has 0 saturated heterocycles. The number of aliphatic hydroxyl groups excluding tert-OH is 1. The van der Waals surface area contributed by atoms with Gasteiger partial charge in [0, 0.05) is 50.3 Å². The number of rotatable bonds is 9. The zero-order valence-electron chi connectivity index (χ0n) is 53.8. The molecule has 0 aromatic carbocycles. The molecule has 6 saturated carbocycles. The van der Waals surface area contributed by atoms with Crippen LogP contribution in [0.1, 0.15) is 236 Å². The number of ether oxygens (including phenoxy) is 1.